The normalized spacial score (nSPS) is 21.7. The number of methoxy groups -OCH3 is 1. The largest absolute Gasteiger partial charge is 0.466 e. The number of carbonyl (C=O) groups excluding carboxylic acids is 3. The average Bonchev–Trinajstić information content (AvgIpc) is 2.44. The van der Waals surface area contributed by atoms with Gasteiger partial charge in [-0.25, -0.2) is 4.79 Å². The standard InChI is InChI=1S/C16H26N2O4/c1-11(2)8-13-9-12(10-14(19)18-13)16(21)17-7-5-4-6-15(20)22-3/h4,6,11-13H,5,7-10H2,1-3H3,(H,17,21)(H,18,19)/b6-4+. The predicted molar refractivity (Wildman–Crippen MR) is 82.9 cm³/mol. The van der Waals surface area contributed by atoms with Gasteiger partial charge in [0.25, 0.3) is 0 Å². The fourth-order valence-corrected chi connectivity index (χ4v) is 2.59. The van der Waals surface area contributed by atoms with E-state index in [1.807, 2.05) is 0 Å². The number of rotatable bonds is 7. The number of hydrogen-bond acceptors (Lipinski definition) is 4. The highest BCUT2D eigenvalue weighted by Crippen LogP contribution is 2.21. The Balaban J connectivity index is 2.36. The van der Waals surface area contributed by atoms with Crippen LogP contribution in [0.3, 0.4) is 0 Å². The molecule has 1 aliphatic heterocycles. The highest BCUT2D eigenvalue weighted by atomic mass is 16.5. The van der Waals surface area contributed by atoms with Gasteiger partial charge in [-0.3, -0.25) is 9.59 Å². The first kappa shape index (κ1) is 18.2. The van der Waals surface area contributed by atoms with Gasteiger partial charge in [0.15, 0.2) is 0 Å². The zero-order valence-electron chi connectivity index (χ0n) is 13.6. The van der Waals surface area contributed by atoms with E-state index in [0.29, 0.717) is 25.3 Å². The fourth-order valence-electron chi connectivity index (χ4n) is 2.59. The maximum absolute atomic E-state index is 12.1. The first-order valence-electron chi connectivity index (χ1n) is 7.74. The molecule has 1 saturated heterocycles. The van der Waals surface area contributed by atoms with Crippen LogP contribution in [0.25, 0.3) is 0 Å². The maximum atomic E-state index is 12.1. The molecule has 1 rings (SSSR count). The predicted octanol–water partition coefficient (Wildman–Crippen LogP) is 1.16. The van der Waals surface area contributed by atoms with Crippen LogP contribution in [0.2, 0.25) is 0 Å². The molecule has 2 amide bonds. The number of esters is 1. The van der Waals surface area contributed by atoms with Gasteiger partial charge in [0, 0.05) is 31.0 Å². The van der Waals surface area contributed by atoms with Gasteiger partial charge in [0.05, 0.1) is 7.11 Å². The van der Waals surface area contributed by atoms with Gasteiger partial charge < -0.3 is 15.4 Å². The molecule has 0 aromatic rings. The Morgan fingerprint density at radius 3 is 2.82 bits per heavy atom. The van der Waals surface area contributed by atoms with Crippen LogP contribution in [-0.4, -0.2) is 37.5 Å². The Bertz CT molecular complexity index is 432. The minimum absolute atomic E-state index is 0.0531. The van der Waals surface area contributed by atoms with Crippen LogP contribution in [0.1, 0.15) is 39.5 Å². The van der Waals surface area contributed by atoms with E-state index < -0.39 is 5.97 Å². The minimum Gasteiger partial charge on any atom is -0.466 e. The number of carbonyl (C=O) groups is 3. The first-order chi connectivity index (χ1) is 10.4. The topological polar surface area (TPSA) is 84.5 Å². The molecular weight excluding hydrogens is 284 g/mol. The van der Waals surface area contributed by atoms with Crippen LogP contribution in [0, 0.1) is 11.8 Å². The summed E-state index contributed by atoms with van der Waals surface area (Å²) >= 11 is 0. The zero-order valence-corrected chi connectivity index (χ0v) is 13.6. The molecule has 2 N–H and O–H groups in total. The molecule has 0 radical (unpaired) electrons. The lowest BCUT2D eigenvalue weighted by molar-refractivity contribution is -0.134. The second-order valence-corrected chi connectivity index (χ2v) is 6.04. The average molecular weight is 310 g/mol. The van der Waals surface area contributed by atoms with Crippen molar-refractivity contribution in [1.82, 2.24) is 10.6 Å². The number of ether oxygens (including phenoxy) is 1. The van der Waals surface area contributed by atoms with Gasteiger partial charge in [0.1, 0.15) is 0 Å². The summed E-state index contributed by atoms with van der Waals surface area (Å²) in [6, 6.07) is 0.0798. The van der Waals surface area contributed by atoms with Crippen LogP contribution in [0.15, 0.2) is 12.2 Å². The summed E-state index contributed by atoms with van der Waals surface area (Å²) in [6.07, 6.45) is 5.36. The van der Waals surface area contributed by atoms with Crippen molar-refractivity contribution in [3.63, 3.8) is 0 Å². The molecule has 6 heteroatoms. The van der Waals surface area contributed by atoms with Crippen molar-refractivity contribution in [3.05, 3.63) is 12.2 Å². The SMILES string of the molecule is COC(=O)/C=C/CCNC(=O)C1CC(=O)NC(CC(C)C)C1. The summed E-state index contributed by atoms with van der Waals surface area (Å²) < 4.78 is 4.47. The molecule has 0 bridgehead atoms. The van der Waals surface area contributed by atoms with E-state index in [1.165, 1.54) is 13.2 Å². The van der Waals surface area contributed by atoms with Gasteiger partial charge in [-0.1, -0.05) is 19.9 Å². The van der Waals surface area contributed by atoms with Crippen molar-refractivity contribution >= 4 is 17.8 Å². The third-order valence-electron chi connectivity index (χ3n) is 3.56. The molecule has 6 nitrogen and oxygen atoms in total. The molecule has 22 heavy (non-hydrogen) atoms. The van der Waals surface area contributed by atoms with E-state index in [2.05, 4.69) is 29.2 Å². The third kappa shape index (κ3) is 6.74. The Kier molecular flexibility index (Phi) is 7.63. The van der Waals surface area contributed by atoms with E-state index in [9.17, 15) is 14.4 Å². The summed E-state index contributed by atoms with van der Waals surface area (Å²) in [5, 5.41) is 5.76. The van der Waals surface area contributed by atoms with Crippen molar-refractivity contribution in [3.8, 4) is 0 Å². The quantitative estimate of drug-likeness (QED) is 0.420. The number of nitrogens with one attached hydrogen (secondary N) is 2. The van der Waals surface area contributed by atoms with Crippen LogP contribution < -0.4 is 10.6 Å². The molecular formula is C16H26N2O4. The van der Waals surface area contributed by atoms with Crippen molar-refractivity contribution < 1.29 is 19.1 Å². The molecule has 0 aromatic carbocycles. The Hall–Kier alpha value is -1.85. The second-order valence-electron chi connectivity index (χ2n) is 6.04. The van der Waals surface area contributed by atoms with Crippen molar-refractivity contribution in [1.29, 1.82) is 0 Å². The Labute approximate surface area is 131 Å². The van der Waals surface area contributed by atoms with E-state index in [0.717, 1.165) is 6.42 Å². The first-order valence-corrected chi connectivity index (χ1v) is 7.74. The highest BCUT2D eigenvalue weighted by Gasteiger charge is 2.31. The number of piperidine rings is 1. The summed E-state index contributed by atoms with van der Waals surface area (Å²) in [4.78, 5) is 34.7. The molecule has 1 fully saturated rings. The van der Waals surface area contributed by atoms with E-state index in [4.69, 9.17) is 0 Å². The summed E-state index contributed by atoms with van der Waals surface area (Å²) in [6.45, 7) is 4.65. The molecule has 1 aliphatic rings. The monoisotopic (exact) mass is 310 g/mol. The van der Waals surface area contributed by atoms with Gasteiger partial charge >= 0.3 is 5.97 Å². The van der Waals surface area contributed by atoms with E-state index in [-0.39, 0.29) is 30.2 Å². The zero-order chi connectivity index (χ0) is 16.5. The van der Waals surface area contributed by atoms with Crippen LogP contribution in [0.5, 0.6) is 0 Å². The van der Waals surface area contributed by atoms with Gasteiger partial charge in [-0.15, -0.1) is 0 Å². The smallest absolute Gasteiger partial charge is 0.330 e. The summed E-state index contributed by atoms with van der Waals surface area (Å²) in [7, 11) is 1.32. The highest BCUT2D eigenvalue weighted by molar-refractivity contribution is 5.87. The summed E-state index contributed by atoms with van der Waals surface area (Å²) in [5.41, 5.74) is 0. The molecule has 124 valence electrons. The lowest BCUT2D eigenvalue weighted by Gasteiger charge is -2.30. The molecule has 0 spiro atoms. The van der Waals surface area contributed by atoms with Crippen LogP contribution in [-0.2, 0) is 19.1 Å². The summed E-state index contributed by atoms with van der Waals surface area (Å²) in [5.74, 6) is -0.331. The molecule has 2 unspecified atom stereocenters. The van der Waals surface area contributed by atoms with Crippen molar-refractivity contribution in [2.75, 3.05) is 13.7 Å². The van der Waals surface area contributed by atoms with Gasteiger partial charge in [-0.05, 0) is 25.2 Å². The fraction of sp³-hybridized carbons (Fsp3) is 0.688. The van der Waals surface area contributed by atoms with Crippen molar-refractivity contribution in [2.45, 2.75) is 45.6 Å². The number of amides is 2. The minimum atomic E-state index is -0.410. The Morgan fingerprint density at radius 2 is 2.18 bits per heavy atom. The van der Waals surface area contributed by atoms with Crippen LogP contribution in [0.4, 0.5) is 0 Å². The molecule has 0 saturated carbocycles. The van der Waals surface area contributed by atoms with Gasteiger partial charge in [-0.2, -0.15) is 0 Å². The lowest BCUT2D eigenvalue weighted by atomic mass is 9.87. The second kappa shape index (κ2) is 9.23. The Morgan fingerprint density at radius 1 is 1.45 bits per heavy atom. The number of hydrogen-bond donors (Lipinski definition) is 2. The van der Waals surface area contributed by atoms with E-state index in [1.54, 1.807) is 6.08 Å². The van der Waals surface area contributed by atoms with E-state index >= 15 is 0 Å². The third-order valence-corrected chi connectivity index (χ3v) is 3.56. The molecule has 0 aromatic heterocycles. The molecule has 1 heterocycles. The van der Waals surface area contributed by atoms with Gasteiger partial charge in [0.2, 0.25) is 11.8 Å². The lowest BCUT2D eigenvalue weighted by Crippen LogP contribution is -2.47. The maximum Gasteiger partial charge on any atom is 0.330 e. The van der Waals surface area contributed by atoms with Crippen molar-refractivity contribution in [2.24, 2.45) is 11.8 Å². The molecule has 2 atom stereocenters. The van der Waals surface area contributed by atoms with Crippen LogP contribution >= 0.6 is 0 Å². The molecule has 0 aliphatic carbocycles.